The van der Waals surface area contributed by atoms with Gasteiger partial charge in [0.15, 0.2) is 11.4 Å². The fraction of sp³-hybridized carbons (Fsp3) is 0.256. The number of aromatic nitrogens is 4. The second kappa shape index (κ2) is 12.1. The van der Waals surface area contributed by atoms with Crippen LogP contribution in [-0.2, 0) is 10.8 Å². The molecule has 0 aliphatic heterocycles. The lowest BCUT2D eigenvalue weighted by atomic mass is 9.79. The molecule has 0 radical (unpaired) electrons. The standard InChI is InChI=1S/C43H43N5O2/c1-25-18-26(2)38(27(3)19-25)48(35-16-12-13-17-45-35)30-20-28(23-44-24-30)36-40-37(31-14-10-11-15-34(31)50-40)47-41(46-36)32-21-29(42(4,5)6)22-33(39(32)49)43(7,8)9/h10-24,49H,1-9H3. The quantitative estimate of drug-likeness (QED) is 0.196. The maximum atomic E-state index is 11.9. The number of fused-ring (bicyclic) bond motifs is 3. The predicted molar refractivity (Wildman–Crippen MR) is 204 cm³/mol. The first-order valence-electron chi connectivity index (χ1n) is 17.0. The predicted octanol–water partition coefficient (Wildman–Crippen LogP) is 11.2. The molecule has 7 aromatic rings. The molecule has 3 aromatic carbocycles. The fourth-order valence-corrected chi connectivity index (χ4v) is 6.78. The molecule has 252 valence electrons. The van der Waals surface area contributed by atoms with Crippen LogP contribution >= 0.6 is 0 Å². The van der Waals surface area contributed by atoms with E-state index in [1.165, 1.54) is 5.56 Å². The van der Waals surface area contributed by atoms with E-state index in [4.69, 9.17) is 24.4 Å². The lowest BCUT2D eigenvalue weighted by Gasteiger charge is -2.28. The number of phenolic OH excluding ortho intramolecular Hbond substituents is 1. The Morgan fingerprint density at radius 3 is 2.16 bits per heavy atom. The molecule has 0 bridgehead atoms. The van der Waals surface area contributed by atoms with Crippen molar-refractivity contribution in [2.75, 3.05) is 4.90 Å². The van der Waals surface area contributed by atoms with Gasteiger partial charge in [-0.05, 0) is 84.7 Å². The summed E-state index contributed by atoms with van der Waals surface area (Å²) >= 11 is 0. The molecule has 0 aliphatic carbocycles. The number of furan rings is 1. The summed E-state index contributed by atoms with van der Waals surface area (Å²) < 4.78 is 6.49. The highest BCUT2D eigenvalue weighted by molar-refractivity contribution is 6.07. The van der Waals surface area contributed by atoms with Crippen molar-refractivity contribution in [1.29, 1.82) is 0 Å². The van der Waals surface area contributed by atoms with Gasteiger partial charge in [-0.25, -0.2) is 15.0 Å². The Balaban J connectivity index is 1.51. The van der Waals surface area contributed by atoms with E-state index in [1.54, 1.807) is 12.4 Å². The number of aromatic hydroxyl groups is 1. The van der Waals surface area contributed by atoms with E-state index in [2.05, 4.69) is 91.5 Å². The van der Waals surface area contributed by atoms with E-state index in [0.29, 0.717) is 33.8 Å². The highest BCUT2D eigenvalue weighted by Gasteiger charge is 2.28. The Morgan fingerprint density at radius 1 is 0.760 bits per heavy atom. The van der Waals surface area contributed by atoms with Gasteiger partial charge in [-0.1, -0.05) is 83.5 Å². The Hall–Kier alpha value is -5.56. The zero-order chi connectivity index (χ0) is 35.5. The van der Waals surface area contributed by atoms with Crippen LogP contribution in [0.5, 0.6) is 5.75 Å². The summed E-state index contributed by atoms with van der Waals surface area (Å²) in [5.74, 6) is 1.38. The Labute approximate surface area is 293 Å². The van der Waals surface area contributed by atoms with E-state index in [1.807, 2.05) is 54.7 Å². The summed E-state index contributed by atoms with van der Waals surface area (Å²) in [7, 11) is 0. The number of para-hydroxylation sites is 1. The van der Waals surface area contributed by atoms with Crippen molar-refractivity contribution in [2.24, 2.45) is 0 Å². The van der Waals surface area contributed by atoms with E-state index in [9.17, 15) is 5.11 Å². The maximum Gasteiger partial charge on any atom is 0.180 e. The molecule has 0 atom stereocenters. The summed E-state index contributed by atoms with van der Waals surface area (Å²) in [5.41, 5.74) is 10.7. The third-order valence-electron chi connectivity index (χ3n) is 9.24. The molecule has 4 aromatic heterocycles. The lowest BCUT2D eigenvalue weighted by Crippen LogP contribution is -2.17. The first-order valence-corrected chi connectivity index (χ1v) is 17.0. The number of hydrogen-bond donors (Lipinski definition) is 1. The van der Waals surface area contributed by atoms with Gasteiger partial charge in [-0.15, -0.1) is 0 Å². The van der Waals surface area contributed by atoms with Gasteiger partial charge in [0.2, 0.25) is 0 Å². The van der Waals surface area contributed by atoms with Crippen molar-refractivity contribution in [1.82, 2.24) is 19.9 Å². The Morgan fingerprint density at radius 2 is 1.48 bits per heavy atom. The molecule has 0 unspecified atom stereocenters. The van der Waals surface area contributed by atoms with Crippen molar-refractivity contribution >= 4 is 39.3 Å². The van der Waals surface area contributed by atoms with Gasteiger partial charge in [-0.3, -0.25) is 9.88 Å². The minimum Gasteiger partial charge on any atom is -0.507 e. The van der Waals surface area contributed by atoms with E-state index >= 15 is 0 Å². The van der Waals surface area contributed by atoms with Crippen molar-refractivity contribution in [3.05, 3.63) is 119 Å². The van der Waals surface area contributed by atoms with Crippen LogP contribution in [0.15, 0.2) is 95.8 Å². The number of pyridine rings is 2. The molecule has 0 spiro atoms. The number of anilines is 3. The average Bonchev–Trinajstić information content (AvgIpc) is 3.44. The number of nitrogens with zero attached hydrogens (tertiary/aromatic N) is 5. The van der Waals surface area contributed by atoms with Gasteiger partial charge in [0, 0.05) is 28.9 Å². The average molecular weight is 662 g/mol. The topological polar surface area (TPSA) is 88.2 Å². The normalized spacial score (nSPS) is 12.2. The van der Waals surface area contributed by atoms with Gasteiger partial charge in [0.25, 0.3) is 0 Å². The van der Waals surface area contributed by atoms with Gasteiger partial charge in [0.05, 0.1) is 23.1 Å². The smallest absolute Gasteiger partial charge is 0.180 e. The zero-order valence-corrected chi connectivity index (χ0v) is 30.3. The first kappa shape index (κ1) is 33.0. The van der Waals surface area contributed by atoms with Crippen LogP contribution < -0.4 is 4.90 Å². The van der Waals surface area contributed by atoms with Crippen LogP contribution in [0.1, 0.15) is 69.4 Å². The van der Waals surface area contributed by atoms with Crippen molar-refractivity contribution in [3.63, 3.8) is 0 Å². The lowest BCUT2D eigenvalue weighted by molar-refractivity contribution is 0.446. The molecule has 0 amide bonds. The third kappa shape index (κ3) is 5.87. The number of hydrogen-bond acceptors (Lipinski definition) is 7. The molecule has 0 saturated heterocycles. The highest BCUT2D eigenvalue weighted by atomic mass is 16.3. The van der Waals surface area contributed by atoms with E-state index < -0.39 is 0 Å². The van der Waals surface area contributed by atoms with Gasteiger partial charge in [0.1, 0.15) is 28.4 Å². The zero-order valence-electron chi connectivity index (χ0n) is 30.3. The summed E-state index contributed by atoms with van der Waals surface area (Å²) in [6.45, 7) is 19.2. The van der Waals surface area contributed by atoms with Crippen LogP contribution in [0.2, 0.25) is 0 Å². The van der Waals surface area contributed by atoms with Crippen LogP contribution in [0.3, 0.4) is 0 Å². The molecule has 0 aliphatic rings. The molecular formula is C43H43N5O2. The highest BCUT2D eigenvalue weighted by Crippen LogP contribution is 2.44. The Kier molecular flexibility index (Phi) is 7.97. The molecule has 7 heteroatoms. The van der Waals surface area contributed by atoms with Crippen LogP contribution in [0, 0.1) is 20.8 Å². The molecule has 7 rings (SSSR count). The molecule has 7 nitrogen and oxygen atoms in total. The maximum absolute atomic E-state index is 11.9. The van der Waals surface area contributed by atoms with Gasteiger partial charge < -0.3 is 9.52 Å². The number of phenols is 1. The SMILES string of the molecule is Cc1cc(C)c(N(c2cncc(-c3nc(-c4cc(C(C)(C)C)cc(C(C)(C)C)c4O)nc4c3oc3ccccc34)c2)c2ccccn2)c(C)c1. The number of benzene rings is 3. The summed E-state index contributed by atoms with van der Waals surface area (Å²) in [6, 6.07) is 24.4. The Bertz CT molecular complexity index is 2380. The van der Waals surface area contributed by atoms with Gasteiger partial charge in [-0.2, -0.15) is 0 Å². The minimum absolute atomic E-state index is 0.170. The third-order valence-corrected chi connectivity index (χ3v) is 9.24. The molecular weight excluding hydrogens is 619 g/mol. The first-order chi connectivity index (χ1) is 23.7. The molecule has 0 saturated carbocycles. The monoisotopic (exact) mass is 661 g/mol. The van der Waals surface area contributed by atoms with Crippen LogP contribution in [0.4, 0.5) is 17.2 Å². The van der Waals surface area contributed by atoms with Crippen LogP contribution in [-0.4, -0.2) is 25.0 Å². The largest absolute Gasteiger partial charge is 0.507 e. The summed E-state index contributed by atoms with van der Waals surface area (Å²) in [6.07, 6.45) is 5.46. The molecule has 4 heterocycles. The van der Waals surface area contributed by atoms with Gasteiger partial charge >= 0.3 is 0 Å². The van der Waals surface area contributed by atoms with E-state index in [0.717, 1.165) is 50.4 Å². The molecule has 0 fully saturated rings. The van der Waals surface area contributed by atoms with Crippen molar-refractivity contribution in [3.8, 4) is 28.4 Å². The second-order valence-corrected chi connectivity index (χ2v) is 15.3. The summed E-state index contributed by atoms with van der Waals surface area (Å²) in [5, 5.41) is 12.8. The molecule has 1 N–H and O–H groups in total. The van der Waals surface area contributed by atoms with E-state index in [-0.39, 0.29) is 16.6 Å². The van der Waals surface area contributed by atoms with Crippen molar-refractivity contribution in [2.45, 2.75) is 73.1 Å². The van der Waals surface area contributed by atoms with Crippen molar-refractivity contribution < 1.29 is 9.52 Å². The fourth-order valence-electron chi connectivity index (χ4n) is 6.78. The minimum atomic E-state index is -0.311. The van der Waals surface area contributed by atoms with Crippen LogP contribution in [0.25, 0.3) is 44.7 Å². The molecule has 50 heavy (non-hydrogen) atoms. The number of aryl methyl sites for hydroxylation is 3. The summed E-state index contributed by atoms with van der Waals surface area (Å²) in [4.78, 5) is 22.0. The second-order valence-electron chi connectivity index (χ2n) is 15.3. The number of rotatable bonds is 5.